The maximum Gasteiger partial charge on any atom is 0.257 e. The molecule has 0 radical (unpaired) electrons. The van der Waals surface area contributed by atoms with Crippen molar-refractivity contribution >= 4 is 29.0 Å². The lowest BCUT2D eigenvalue weighted by atomic mass is 10.2. The van der Waals surface area contributed by atoms with Gasteiger partial charge in [0.2, 0.25) is 0 Å². The molecule has 2 aromatic rings. The van der Waals surface area contributed by atoms with Crippen LogP contribution < -0.4 is 10.6 Å². The van der Waals surface area contributed by atoms with Crippen LogP contribution in [0.4, 0.5) is 11.5 Å². The Labute approximate surface area is 121 Å². The molecular formula is C14H14ClN3O2. The third-order valence-corrected chi connectivity index (χ3v) is 3.05. The molecule has 0 aliphatic heterocycles. The molecule has 2 rings (SSSR count). The molecule has 0 saturated carbocycles. The lowest BCUT2D eigenvalue weighted by Crippen LogP contribution is -2.13. The second-order valence-electron chi connectivity index (χ2n) is 4.11. The molecule has 3 N–H and O–H groups in total. The number of rotatable bonds is 4. The fourth-order valence-corrected chi connectivity index (χ4v) is 1.83. The van der Waals surface area contributed by atoms with Crippen molar-refractivity contribution < 1.29 is 9.90 Å². The van der Waals surface area contributed by atoms with Gasteiger partial charge >= 0.3 is 0 Å². The zero-order valence-corrected chi connectivity index (χ0v) is 11.6. The molecule has 0 fully saturated rings. The average Bonchev–Trinajstić information content (AvgIpc) is 2.48. The standard InChI is InChI=1S/C14H14ClN3O2/c1-16-13-6-11(12(15)7-17-13)14(20)18-10-4-2-9(8-19)3-5-10/h2-7,19H,8H2,1H3,(H,16,17)(H,18,20). The normalized spacial score (nSPS) is 10.2. The summed E-state index contributed by atoms with van der Waals surface area (Å²) in [6, 6.07) is 8.50. The van der Waals surface area contributed by atoms with Gasteiger partial charge in [-0.1, -0.05) is 23.7 Å². The number of nitrogens with one attached hydrogen (secondary N) is 2. The first-order valence-electron chi connectivity index (χ1n) is 5.98. The highest BCUT2D eigenvalue weighted by Crippen LogP contribution is 2.19. The predicted molar refractivity (Wildman–Crippen MR) is 79.1 cm³/mol. The Morgan fingerprint density at radius 1 is 1.35 bits per heavy atom. The van der Waals surface area contributed by atoms with Gasteiger partial charge in [0, 0.05) is 18.9 Å². The fraction of sp³-hybridized carbons (Fsp3) is 0.143. The van der Waals surface area contributed by atoms with Gasteiger partial charge in [0.1, 0.15) is 5.82 Å². The summed E-state index contributed by atoms with van der Waals surface area (Å²) in [5.41, 5.74) is 1.76. The van der Waals surface area contributed by atoms with Gasteiger partial charge in [-0.05, 0) is 23.8 Å². The molecule has 0 atom stereocenters. The summed E-state index contributed by atoms with van der Waals surface area (Å²) in [7, 11) is 1.71. The maximum absolute atomic E-state index is 12.2. The van der Waals surface area contributed by atoms with E-state index in [0.29, 0.717) is 17.1 Å². The van der Waals surface area contributed by atoms with E-state index in [1.807, 2.05) is 0 Å². The first kappa shape index (κ1) is 14.3. The fourth-order valence-electron chi connectivity index (χ4n) is 1.64. The van der Waals surface area contributed by atoms with Crippen LogP contribution in [0.3, 0.4) is 0 Å². The Morgan fingerprint density at radius 3 is 2.65 bits per heavy atom. The summed E-state index contributed by atoms with van der Waals surface area (Å²) in [5.74, 6) is 0.251. The minimum atomic E-state index is -0.314. The number of anilines is 2. The molecular weight excluding hydrogens is 278 g/mol. The molecule has 0 bridgehead atoms. The van der Waals surface area contributed by atoms with Crippen molar-refractivity contribution in [3.8, 4) is 0 Å². The highest BCUT2D eigenvalue weighted by atomic mass is 35.5. The number of hydrogen-bond donors (Lipinski definition) is 3. The monoisotopic (exact) mass is 291 g/mol. The Kier molecular flexibility index (Phi) is 4.55. The topological polar surface area (TPSA) is 74.2 Å². The van der Waals surface area contributed by atoms with Crippen LogP contribution in [0.2, 0.25) is 5.02 Å². The number of pyridine rings is 1. The van der Waals surface area contributed by atoms with Gasteiger partial charge in [0.05, 0.1) is 17.2 Å². The molecule has 0 aliphatic rings. The van der Waals surface area contributed by atoms with Crippen LogP contribution in [0.25, 0.3) is 0 Å². The van der Waals surface area contributed by atoms with E-state index in [1.54, 1.807) is 37.4 Å². The van der Waals surface area contributed by atoms with Crippen LogP contribution >= 0.6 is 11.6 Å². The SMILES string of the molecule is CNc1cc(C(=O)Nc2ccc(CO)cc2)c(Cl)cn1. The van der Waals surface area contributed by atoms with E-state index in [2.05, 4.69) is 15.6 Å². The van der Waals surface area contributed by atoms with Crippen molar-refractivity contribution in [1.29, 1.82) is 0 Å². The van der Waals surface area contributed by atoms with E-state index >= 15 is 0 Å². The Morgan fingerprint density at radius 2 is 2.05 bits per heavy atom. The van der Waals surface area contributed by atoms with Gasteiger partial charge in [-0.3, -0.25) is 4.79 Å². The van der Waals surface area contributed by atoms with Crippen LogP contribution in [0.15, 0.2) is 36.5 Å². The summed E-state index contributed by atoms with van der Waals surface area (Å²) in [6.45, 7) is -0.0318. The van der Waals surface area contributed by atoms with Crippen molar-refractivity contribution in [3.05, 3.63) is 52.7 Å². The van der Waals surface area contributed by atoms with Gasteiger partial charge < -0.3 is 15.7 Å². The van der Waals surface area contributed by atoms with E-state index in [9.17, 15) is 4.79 Å². The molecule has 1 aromatic heterocycles. The van der Waals surface area contributed by atoms with Crippen LogP contribution in [0.1, 0.15) is 15.9 Å². The summed E-state index contributed by atoms with van der Waals surface area (Å²) in [4.78, 5) is 16.2. The van der Waals surface area contributed by atoms with Crippen LogP contribution in [-0.4, -0.2) is 23.0 Å². The summed E-state index contributed by atoms with van der Waals surface area (Å²) < 4.78 is 0. The van der Waals surface area contributed by atoms with Gasteiger partial charge in [0.15, 0.2) is 0 Å². The number of aliphatic hydroxyl groups excluding tert-OH is 1. The molecule has 1 heterocycles. The van der Waals surface area contributed by atoms with E-state index < -0.39 is 0 Å². The molecule has 1 aromatic carbocycles. The third kappa shape index (κ3) is 3.26. The lowest BCUT2D eigenvalue weighted by molar-refractivity contribution is 0.102. The molecule has 0 aliphatic carbocycles. The second kappa shape index (κ2) is 6.36. The molecule has 0 spiro atoms. The molecule has 6 heteroatoms. The van der Waals surface area contributed by atoms with E-state index in [-0.39, 0.29) is 17.5 Å². The zero-order chi connectivity index (χ0) is 14.5. The molecule has 1 amide bonds. The smallest absolute Gasteiger partial charge is 0.257 e. The number of benzene rings is 1. The molecule has 5 nitrogen and oxygen atoms in total. The van der Waals surface area contributed by atoms with E-state index in [0.717, 1.165) is 5.56 Å². The number of carbonyl (C=O) groups excluding carboxylic acids is 1. The van der Waals surface area contributed by atoms with Crippen molar-refractivity contribution in [2.45, 2.75) is 6.61 Å². The minimum Gasteiger partial charge on any atom is -0.392 e. The van der Waals surface area contributed by atoms with Crippen LogP contribution in [-0.2, 0) is 6.61 Å². The highest BCUT2D eigenvalue weighted by molar-refractivity contribution is 6.34. The van der Waals surface area contributed by atoms with Crippen LogP contribution in [0.5, 0.6) is 0 Å². The molecule has 20 heavy (non-hydrogen) atoms. The maximum atomic E-state index is 12.2. The van der Waals surface area contributed by atoms with Crippen molar-refractivity contribution in [2.75, 3.05) is 17.7 Å². The number of hydrogen-bond acceptors (Lipinski definition) is 4. The van der Waals surface area contributed by atoms with Crippen molar-refractivity contribution in [2.24, 2.45) is 0 Å². The molecule has 0 saturated heterocycles. The van der Waals surface area contributed by atoms with Gasteiger partial charge in [0.25, 0.3) is 5.91 Å². The highest BCUT2D eigenvalue weighted by Gasteiger charge is 2.12. The third-order valence-electron chi connectivity index (χ3n) is 2.75. The number of nitrogens with zero attached hydrogens (tertiary/aromatic N) is 1. The van der Waals surface area contributed by atoms with Crippen molar-refractivity contribution in [1.82, 2.24) is 4.98 Å². The summed E-state index contributed by atoms with van der Waals surface area (Å²) >= 11 is 5.98. The Hall–Kier alpha value is -2.11. The molecule has 104 valence electrons. The number of aliphatic hydroxyl groups is 1. The minimum absolute atomic E-state index is 0.0318. The Bertz CT molecular complexity index is 614. The average molecular weight is 292 g/mol. The number of carbonyl (C=O) groups is 1. The first-order chi connectivity index (χ1) is 9.63. The van der Waals surface area contributed by atoms with Crippen LogP contribution in [0, 0.1) is 0 Å². The van der Waals surface area contributed by atoms with Crippen molar-refractivity contribution in [3.63, 3.8) is 0 Å². The Balaban J connectivity index is 2.18. The molecule has 0 unspecified atom stereocenters. The predicted octanol–water partition coefficient (Wildman–Crippen LogP) is 2.52. The first-order valence-corrected chi connectivity index (χ1v) is 6.36. The van der Waals surface area contributed by atoms with Gasteiger partial charge in [-0.15, -0.1) is 0 Å². The lowest BCUT2D eigenvalue weighted by Gasteiger charge is -2.08. The number of halogens is 1. The number of aromatic nitrogens is 1. The van der Waals surface area contributed by atoms with Gasteiger partial charge in [-0.2, -0.15) is 0 Å². The number of amides is 1. The van der Waals surface area contributed by atoms with E-state index in [4.69, 9.17) is 16.7 Å². The van der Waals surface area contributed by atoms with Gasteiger partial charge in [-0.25, -0.2) is 4.98 Å². The largest absolute Gasteiger partial charge is 0.392 e. The van der Waals surface area contributed by atoms with E-state index in [1.165, 1.54) is 6.20 Å². The zero-order valence-electron chi connectivity index (χ0n) is 10.9. The summed E-state index contributed by atoms with van der Waals surface area (Å²) in [6.07, 6.45) is 1.43. The second-order valence-corrected chi connectivity index (χ2v) is 4.52. The quantitative estimate of drug-likeness (QED) is 0.809. The summed E-state index contributed by atoms with van der Waals surface area (Å²) in [5, 5.41) is 14.8.